The molecule has 0 bridgehead atoms. The Bertz CT molecular complexity index is 864. The van der Waals surface area contributed by atoms with Crippen LogP contribution in [0.25, 0.3) is 0 Å². The Morgan fingerprint density at radius 1 is 1.20 bits per heavy atom. The Morgan fingerprint density at radius 3 is 2.36 bits per heavy atom. The molecule has 140 valence electrons. The molecular weight excluding hydrogens is 368 g/mol. The summed E-state index contributed by atoms with van der Waals surface area (Å²) in [6.07, 6.45) is 0.855. The molecule has 0 aliphatic carbocycles. The Morgan fingerprint density at radius 2 is 1.80 bits per heavy atom. The summed E-state index contributed by atoms with van der Waals surface area (Å²) in [5.41, 5.74) is 0. The van der Waals surface area contributed by atoms with Gasteiger partial charge in [-0.25, -0.2) is 21.1 Å². The van der Waals surface area contributed by atoms with Gasteiger partial charge >= 0.3 is 5.97 Å². The minimum atomic E-state index is -4.00. The second-order valence-corrected chi connectivity index (χ2v) is 10.2. The number of carbonyl (C=O) groups is 1. The summed E-state index contributed by atoms with van der Waals surface area (Å²) in [5, 5.41) is 9.27. The molecule has 2 atom stereocenters. The van der Waals surface area contributed by atoms with Crippen molar-refractivity contribution >= 4 is 26.0 Å². The zero-order valence-corrected chi connectivity index (χ0v) is 15.9. The van der Waals surface area contributed by atoms with E-state index in [1.807, 2.05) is 0 Å². The summed E-state index contributed by atoms with van der Waals surface area (Å²) in [5.74, 6) is -1.81. The van der Waals surface area contributed by atoms with E-state index in [4.69, 9.17) is 0 Å². The molecule has 1 fully saturated rings. The molecule has 8 nitrogen and oxygen atoms in total. The molecule has 0 spiro atoms. The quantitative estimate of drug-likeness (QED) is 0.796. The fourth-order valence-electron chi connectivity index (χ4n) is 2.92. The normalized spacial score (nSPS) is 22.9. The van der Waals surface area contributed by atoms with Crippen molar-refractivity contribution in [2.45, 2.75) is 35.6 Å². The van der Waals surface area contributed by atoms with Gasteiger partial charge in [0.2, 0.25) is 20.0 Å². The van der Waals surface area contributed by atoms with Gasteiger partial charge in [-0.05, 0) is 38.0 Å². The van der Waals surface area contributed by atoms with Gasteiger partial charge in [0.25, 0.3) is 0 Å². The van der Waals surface area contributed by atoms with E-state index in [0.717, 1.165) is 14.7 Å². The van der Waals surface area contributed by atoms with Crippen LogP contribution in [-0.2, 0) is 24.8 Å². The first-order valence-electron chi connectivity index (χ1n) is 7.77. The van der Waals surface area contributed by atoms with Crippen molar-refractivity contribution in [2.24, 2.45) is 5.92 Å². The van der Waals surface area contributed by atoms with Crippen molar-refractivity contribution in [3.8, 4) is 0 Å². The average Bonchev–Trinajstić information content (AvgIpc) is 2.54. The van der Waals surface area contributed by atoms with Crippen LogP contribution in [0.2, 0.25) is 0 Å². The van der Waals surface area contributed by atoms with Crippen LogP contribution in [0.1, 0.15) is 19.8 Å². The third-order valence-corrected chi connectivity index (χ3v) is 8.23. The number of piperidine rings is 1. The van der Waals surface area contributed by atoms with E-state index >= 15 is 0 Å². The molecule has 1 aliphatic rings. The van der Waals surface area contributed by atoms with Crippen LogP contribution in [-0.4, -0.2) is 63.2 Å². The van der Waals surface area contributed by atoms with Crippen molar-refractivity contribution in [2.75, 3.05) is 20.6 Å². The van der Waals surface area contributed by atoms with Gasteiger partial charge in [-0.2, -0.15) is 4.31 Å². The number of sulfonamides is 2. The maximum Gasteiger partial charge on any atom is 0.308 e. The zero-order chi connectivity index (χ0) is 19.0. The van der Waals surface area contributed by atoms with Crippen molar-refractivity contribution in [1.82, 2.24) is 8.61 Å². The van der Waals surface area contributed by atoms with Crippen LogP contribution >= 0.6 is 0 Å². The minimum absolute atomic E-state index is 0.127. The number of aliphatic carboxylic acids is 1. The third-order valence-electron chi connectivity index (χ3n) is 4.44. The van der Waals surface area contributed by atoms with Gasteiger partial charge in [-0.15, -0.1) is 0 Å². The highest BCUT2D eigenvalue weighted by atomic mass is 32.2. The number of benzene rings is 1. The van der Waals surface area contributed by atoms with Crippen molar-refractivity contribution in [3.05, 3.63) is 24.3 Å². The van der Waals surface area contributed by atoms with Gasteiger partial charge in [0.15, 0.2) is 0 Å². The maximum absolute atomic E-state index is 12.9. The number of nitrogens with zero attached hydrogens (tertiary/aromatic N) is 2. The van der Waals surface area contributed by atoms with Crippen LogP contribution in [0.15, 0.2) is 34.1 Å². The second-order valence-electron chi connectivity index (χ2n) is 6.21. The molecule has 0 radical (unpaired) electrons. The molecule has 0 aromatic heterocycles. The number of carboxylic acids is 1. The number of hydrogen-bond donors (Lipinski definition) is 1. The largest absolute Gasteiger partial charge is 0.481 e. The molecule has 0 amide bonds. The zero-order valence-electron chi connectivity index (χ0n) is 14.3. The molecule has 1 saturated heterocycles. The first-order valence-corrected chi connectivity index (χ1v) is 10.6. The molecule has 1 aromatic rings. The van der Waals surface area contributed by atoms with Crippen molar-refractivity contribution in [1.29, 1.82) is 0 Å². The highest BCUT2D eigenvalue weighted by molar-refractivity contribution is 7.90. The maximum atomic E-state index is 12.9. The fourth-order valence-corrected chi connectivity index (χ4v) is 5.70. The molecule has 0 unspecified atom stereocenters. The molecule has 1 aliphatic heterocycles. The summed E-state index contributed by atoms with van der Waals surface area (Å²) in [4.78, 5) is 11.0. The summed E-state index contributed by atoms with van der Waals surface area (Å²) in [6, 6.07) is 4.43. The highest BCUT2D eigenvalue weighted by Gasteiger charge is 2.39. The van der Waals surface area contributed by atoms with Gasteiger partial charge in [0.05, 0.1) is 15.7 Å². The second kappa shape index (κ2) is 7.02. The van der Waals surface area contributed by atoms with Crippen LogP contribution < -0.4 is 0 Å². The van der Waals surface area contributed by atoms with Gasteiger partial charge < -0.3 is 5.11 Å². The van der Waals surface area contributed by atoms with Crippen molar-refractivity contribution < 1.29 is 26.7 Å². The lowest BCUT2D eigenvalue weighted by Crippen LogP contribution is -2.49. The van der Waals surface area contributed by atoms with E-state index in [1.165, 1.54) is 32.3 Å². The summed E-state index contributed by atoms with van der Waals surface area (Å²) < 4.78 is 52.5. The predicted octanol–water partition coefficient (Wildman–Crippen LogP) is 0.811. The third kappa shape index (κ3) is 3.71. The minimum Gasteiger partial charge on any atom is -0.481 e. The van der Waals surface area contributed by atoms with Gasteiger partial charge in [0.1, 0.15) is 0 Å². The van der Waals surface area contributed by atoms with E-state index in [1.54, 1.807) is 6.92 Å². The highest BCUT2D eigenvalue weighted by Crippen LogP contribution is 2.30. The average molecular weight is 390 g/mol. The Kier molecular flexibility index (Phi) is 5.57. The molecule has 25 heavy (non-hydrogen) atoms. The molecular formula is C15H22N2O6S2. The van der Waals surface area contributed by atoms with Crippen LogP contribution in [0.5, 0.6) is 0 Å². The topological polar surface area (TPSA) is 112 Å². The number of rotatable bonds is 5. The lowest BCUT2D eigenvalue weighted by atomic mass is 9.92. The SMILES string of the molecule is C[C@@H]1[C@H](C(=O)O)CCCN1S(=O)(=O)c1cccc(S(=O)(=O)N(C)C)c1. The summed E-state index contributed by atoms with van der Waals surface area (Å²) in [7, 11) is -5.05. The Labute approximate surface area is 148 Å². The first-order chi connectivity index (χ1) is 11.5. The molecule has 10 heteroatoms. The fraction of sp³-hybridized carbons (Fsp3) is 0.533. The lowest BCUT2D eigenvalue weighted by molar-refractivity contribution is -0.144. The molecule has 0 saturated carbocycles. The van der Waals surface area contributed by atoms with E-state index in [0.29, 0.717) is 12.8 Å². The molecule has 1 heterocycles. The van der Waals surface area contributed by atoms with Crippen LogP contribution in [0.3, 0.4) is 0 Å². The van der Waals surface area contributed by atoms with E-state index in [2.05, 4.69) is 0 Å². The molecule has 1 aromatic carbocycles. The number of carboxylic acid groups (broad SMARTS) is 1. The predicted molar refractivity (Wildman–Crippen MR) is 91.0 cm³/mol. The van der Waals surface area contributed by atoms with E-state index in [-0.39, 0.29) is 16.3 Å². The summed E-state index contributed by atoms with van der Waals surface area (Å²) in [6.45, 7) is 1.77. The van der Waals surface area contributed by atoms with Gasteiger partial charge in [-0.1, -0.05) is 6.07 Å². The first kappa shape index (κ1) is 19.8. The standard InChI is InChI=1S/C15H22N2O6S2/c1-11-14(15(18)19)8-5-9-17(11)25(22,23)13-7-4-6-12(10-13)24(20,21)16(2)3/h4,6-7,10-11,14H,5,8-9H2,1-3H3,(H,18,19)/t11-,14-/m1/s1. The molecule has 1 N–H and O–H groups in total. The van der Waals surface area contributed by atoms with Crippen LogP contribution in [0.4, 0.5) is 0 Å². The van der Waals surface area contributed by atoms with Gasteiger partial charge in [-0.3, -0.25) is 4.79 Å². The van der Waals surface area contributed by atoms with Crippen LogP contribution in [0, 0.1) is 5.92 Å². The monoisotopic (exact) mass is 390 g/mol. The Hall–Kier alpha value is -1.49. The molecule has 2 rings (SSSR count). The van der Waals surface area contributed by atoms with E-state index < -0.39 is 38.0 Å². The number of hydrogen-bond acceptors (Lipinski definition) is 5. The lowest BCUT2D eigenvalue weighted by Gasteiger charge is -2.36. The smallest absolute Gasteiger partial charge is 0.308 e. The summed E-state index contributed by atoms with van der Waals surface area (Å²) >= 11 is 0. The Balaban J connectivity index is 2.45. The van der Waals surface area contributed by atoms with Crippen molar-refractivity contribution in [3.63, 3.8) is 0 Å². The van der Waals surface area contributed by atoms with E-state index in [9.17, 15) is 26.7 Å². The van der Waals surface area contributed by atoms with Gasteiger partial charge in [0, 0.05) is 26.7 Å².